The zero-order valence-electron chi connectivity index (χ0n) is 10.8. The summed E-state index contributed by atoms with van der Waals surface area (Å²) in [5, 5.41) is 7.55. The predicted octanol–water partition coefficient (Wildman–Crippen LogP) is 1.36. The molecule has 6 heteroatoms. The first-order valence-electron chi connectivity index (χ1n) is 6.08. The average molecular weight is 249 g/mol. The van der Waals surface area contributed by atoms with Gasteiger partial charge in [0, 0.05) is 32.2 Å². The number of aryl methyl sites for hydroxylation is 1. The Labute approximate surface area is 107 Å². The molecule has 1 N–H and O–H groups in total. The molecule has 2 aromatic rings. The summed E-state index contributed by atoms with van der Waals surface area (Å²) in [4.78, 5) is 4.31. The second-order valence-electron chi connectivity index (χ2n) is 3.97. The van der Waals surface area contributed by atoms with Crippen LogP contribution in [0.5, 0.6) is 0 Å². The zero-order valence-corrected chi connectivity index (χ0v) is 10.8. The highest BCUT2D eigenvalue weighted by atomic mass is 16.5. The summed E-state index contributed by atoms with van der Waals surface area (Å²) in [6.07, 6.45) is 7.59. The van der Waals surface area contributed by atoms with E-state index in [1.54, 1.807) is 7.11 Å². The lowest BCUT2D eigenvalue weighted by Crippen LogP contribution is -2.07. The van der Waals surface area contributed by atoms with Gasteiger partial charge in [-0.25, -0.2) is 4.98 Å². The molecule has 6 nitrogen and oxygen atoms in total. The molecule has 98 valence electrons. The maximum absolute atomic E-state index is 5.01. The Hall–Kier alpha value is -1.82. The summed E-state index contributed by atoms with van der Waals surface area (Å²) >= 11 is 0. The number of nitrogens with zero attached hydrogens (tertiary/aromatic N) is 4. The van der Waals surface area contributed by atoms with Crippen LogP contribution in [0.3, 0.4) is 0 Å². The standard InChI is InChI=1S/C12H19N5O/c1-3-16-5-4-13-12(16)9-14-11-8-15-17(10-11)6-7-18-2/h4-5,8,10,14H,3,6-7,9H2,1-2H3. The van der Waals surface area contributed by atoms with E-state index in [9.17, 15) is 0 Å². The number of ether oxygens (including phenoxy) is 1. The molecule has 2 heterocycles. The molecule has 0 atom stereocenters. The van der Waals surface area contributed by atoms with Crippen molar-refractivity contribution < 1.29 is 4.74 Å². The number of rotatable bonds is 7. The number of imidazole rings is 1. The number of nitrogens with one attached hydrogen (secondary N) is 1. The van der Waals surface area contributed by atoms with Crippen molar-refractivity contribution in [3.8, 4) is 0 Å². The van der Waals surface area contributed by atoms with Gasteiger partial charge in [-0.15, -0.1) is 0 Å². The Balaban J connectivity index is 1.88. The van der Waals surface area contributed by atoms with Gasteiger partial charge in [-0.3, -0.25) is 4.68 Å². The van der Waals surface area contributed by atoms with Crippen molar-refractivity contribution in [2.75, 3.05) is 19.0 Å². The minimum Gasteiger partial charge on any atom is -0.383 e. The molecule has 0 spiro atoms. The SMILES string of the molecule is CCn1ccnc1CNc1cnn(CCOC)c1. The summed E-state index contributed by atoms with van der Waals surface area (Å²) in [7, 11) is 1.69. The van der Waals surface area contributed by atoms with Crippen molar-refractivity contribution in [1.82, 2.24) is 19.3 Å². The third-order valence-corrected chi connectivity index (χ3v) is 2.75. The number of methoxy groups -OCH3 is 1. The third-order valence-electron chi connectivity index (χ3n) is 2.75. The molecule has 0 aliphatic carbocycles. The Morgan fingerprint density at radius 1 is 1.44 bits per heavy atom. The number of anilines is 1. The van der Waals surface area contributed by atoms with Gasteiger partial charge in [0.25, 0.3) is 0 Å². The quantitative estimate of drug-likeness (QED) is 0.805. The Morgan fingerprint density at radius 3 is 3.11 bits per heavy atom. The molecular formula is C12H19N5O. The summed E-state index contributed by atoms with van der Waals surface area (Å²) in [5.74, 6) is 1.03. The van der Waals surface area contributed by atoms with E-state index in [2.05, 4.69) is 26.9 Å². The molecule has 0 saturated carbocycles. The van der Waals surface area contributed by atoms with Gasteiger partial charge < -0.3 is 14.6 Å². The van der Waals surface area contributed by atoms with Crippen molar-refractivity contribution in [2.45, 2.75) is 26.6 Å². The molecule has 18 heavy (non-hydrogen) atoms. The van der Waals surface area contributed by atoms with Crippen LogP contribution in [0.15, 0.2) is 24.8 Å². The third kappa shape index (κ3) is 3.10. The van der Waals surface area contributed by atoms with Crippen LogP contribution in [0.25, 0.3) is 0 Å². The van der Waals surface area contributed by atoms with Gasteiger partial charge >= 0.3 is 0 Å². The first-order valence-corrected chi connectivity index (χ1v) is 6.08. The predicted molar refractivity (Wildman–Crippen MR) is 69.3 cm³/mol. The molecule has 0 saturated heterocycles. The highest BCUT2D eigenvalue weighted by Crippen LogP contribution is 2.07. The minimum atomic E-state index is 0.668. The van der Waals surface area contributed by atoms with E-state index in [1.807, 2.05) is 29.5 Å². The molecule has 0 amide bonds. The van der Waals surface area contributed by atoms with Gasteiger partial charge in [-0.2, -0.15) is 5.10 Å². The molecular weight excluding hydrogens is 230 g/mol. The fourth-order valence-corrected chi connectivity index (χ4v) is 1.74. The van der Waals surface area contributed by atoms with Gasteiger partial charge in [0.2, 0.25) is 0 Å². The fourth-order valence-electron chi connectivity index (χ4n) is 1.74. The van der Waals surface area contributed by atoms with Crippen LogP contribution >= 0.6 is 0 Å². The van der Waals surface area contributed by atoms with Gasteiger partial charge in [0.05, 0.1) is 31.6 Å². The van der Waals surface area contributed by atoms with Crippen LogP contribution in [0, 0.1) is 0 Å². The first-order chi connectivity index (χ1) is 8.83. The van der Waals surface area contributed by atoms with Crippen LogP contribution in [0.2, 0.25) is 0 Å². The van der Waals surface area contributed by atoms with E-state index in [0.29, 0.717) is 13.2 Å². The molecule has 0 aliphatic rings. The van der Waals surface area contributed by atoms with E-state index in [0.717, 1.165) is 24.6 Å². The van der Waals surface area contributed by atoms with Gasteiger partial charge in [0.15, 0.2) is 0 Å². The number of hydrogen-bond donors (Lipinski definition) is 1. The lowest BCUT2D eigenvalue weighted by atomic mass is 10.5. The van der Waals surface area contributed by atoms with E-state index >= 15 is 0 Å². The minimum absolute atomic E-state index is 0.668. The van der Waals surface area contributed by atoms with Crippen molar-refractivity contribution in [1.29, 1.82) is 0 Å². The second kappa shape index (κ2) is 6.20. The molecule has 0 aromatic carbocycles. The van der Waals surface area contributed by atoms with E-state index < -0.39 is 0 Å². The van der Waals surface area contributed by atoms with Gasteiger partial charge in [-0.1, -0.05) is 0 Å². The highest BCUT2D eigenvalue weighted by molar-refractivity contribution is 5.38. The van der Waals surface area contributed by atoms with E-state index in [4.69, 9.17) is 4.74 Å². The maximum atomic E-state index is 5.01. The lowest BCUT2D eigenvalue weighted by molar-refractivity contribution is 0.183. The van der Waals surface area contributed by atoms with Crippen LogP contribution in [-0.2, 0) is 24.4 Å². The van der Waals surface area contributed by atoms with Crippen LogP contribution < -0.4 is 5.32 Å². The molecule has 2 rings (SSSR count). The normalized spacial score (nSPS) is 10.8. The molecule has 2 aromatic heterocycles. The number of hydrogen-bond acceptors (Lipinski definition) is 4. The van der Waals surface area contributed by atoms with Crippen molar-refractivity contribution in [3.05, 3.63) is 30.6 Å². The number of aromatic nitrogens is 4. The Bertz CT molecular complexity index is 476. The summed E-state index contributed by atoms with van der Waals surface area (Å²) in [6, 6.07) is 0. The van der Waals surface area contributed by atoms with Crippen molar-refractivity contribution >= 4 is 5.69 Å². The highest BCUT2D eigenvalue weighted by Gasteiger charge is 2.02. The van der Waals surface area contributed by atoms with Crippen LogP contribution in [0.4, 0.5) is 5.69 Å². The average Bonchev–Trinajstić information content (AvgIpc) is 3.02. The molecule has 0 fully saturated rings. The van der Waals surface area contributed by atoms with E-state index in [1.165, 1.54) is 0 Å². The molecule has 0 bridgehead atoms. The van der Waals surface area contributed by atoms with Crippen molar-refractivity contribution in [2.24, 2.45) is 0 Å². The topological polar surface area (TPSA) is 56.9 Å². The summed E-state index contributed by atoms with van der Waals surface area (Å²) < 4.78 is 8.98. The second-order valence-corrected chi connectivity index (χ2v) is 3.97. The monoisotopic (exact) mass is 249 g/mol. The Kier molecular flexibility index (Phi) is 4.35. The molecule has 0 aliphatic heterocycles. The van der Waals surface area contributed by atoms with Crippen molar-refractivity contribution in [3.63, 3.8) is 0 Å². The Morgan fingerprint density at radius 2 is 2.33 bits per heavy atom. The fraction of sp³-hybridized carbons (Fsp3) is 0.500. The van der Waals surface area contributed by atoms with Gasteiger partial charge in [0.1, 0.15) is 5.82 Å². The molecule has 0 radical (unpaired) electrons. The summed E-state index contributed by atoms with van der Waals surface area (Å²) in [5.41, 5.74) is 0.997. The first kappa shape index (κ1) is 12.6. The lowest BCUT2D eigenvalue weighted by Gasteiger charge is -2.05. The van der Waals surface area contributed by atoms with Crippen LogP contribution in [0.1, 0.15) is 12.7 Å². The maximum Gasteiger partial charge on any atom is 0.128 e. The van der Waals surface area contributed by atoms with Gasteiger partial charge in [-0.05, 0) is 6.92 Å². The molecule has 0 unspecified atom stereocenters. The largest absolute Gasteiger partial charge is 0.383 e. The summed E-state index contributed by atoms with van der Waals surface area (Å²) in [6.45, 7) is 5.18. The van der Waals surface area contributed by atoms with E-state index in [-0.39, 0.29) is 0 Å². The smallest absolute Gasteiger partial charge is 0.128 e. The van der Waals surface area contributed by atoms with Crippen LogP contribution in [-0.4, -0.2) is 33.0 Å². The zero-order chi connectivity index (χ0) is 12.8.